The first-order valence-electron chi connectivity index (χ1n) is 1.43. The number of nitrogens with two attached hydrogens (primary N) is 1. The van der Waals surface area contributed by atoms with Crippen LogP contribution in [0, 0.1) is 0 Å². The maximum absolute atomic E-state index is 7.86. The Labute approximate surface area is 30.2 Å². The van der Waals surface area contributed by atoms with Crippen LogP contribution in [-0.2, 0) is 0 Å². The summed E-state index contributed by atoms with van der Waals surface area (Å²) in [5, 5.41) is 17.0. The van der Waals surface area contributed by atoms with E-state index in [0.717, 1.165) is 0 Å². The molecule has 0 heterocycles. The van der Waals surface area contributed by atoms with Crippen molar-refractivity contribution in [2.75, 3.05) is 7.05 Å². The summed E-state index contributed by atoms with van der Waals surface area (Å²) in [6.07, 6.45) is -1.24. The zero-order valence-corrected chi connectivity index (χ0v) is 3.05. The van der Waals surface area contributed by atoms with Crippen molar-refractivity contribution in [2.24, 2.45) is 0 Å². The van der Waals surface area contributed by atoms with Crippen LogP contribution in [0.3, 0.4) is 0 Å². The highest BCUT2D eigenvalue weighted by Crippen LogP contribution is 1.37. The van der Waals surface area contributed by atoms with Crippen molar-refractivity contribution in [3.8, 4) is 0 Å². The summed E-state index contributed by atoms with van der Waals surface area (Å²) in [5.74, 6) is 0. The Morgan fingerprint density at radius 1 is 1.60 bits per heavy atom. The summed E-state index contributed by atoms with van der Waals surface area (Å²) in [4.78, 5) is 0. The average molecular weight is 78.1 g/mol. The molecule has 3 heteroatoms. The van der Waals surface area contributed by atoms with E-state index in [1.807, 2.05) is 0 Å². The fourth-order valence-corrected chi connectivity index (χ4v) is 0. The summed E-state index contributed by atoms with van der Waals surface area (Å²) in [6.45, 7) is 0. The van der Waals surface area contributed by atoms with Gasteiger partial charge in [0.25, 0.3) is 0 Å². The van der Waals surface area contributed by atoms with Gasteiger partial charge in [0.15, 0.2) is 0 Å². The monoisotopic (exact) mass is 78.1 g/mol. The minimum Gasteiger partial charge on any atom is -0.322 e. The van der Waals surface area contributed by atoms with Gasteiger partial charge in [-0.2, -0.15) is 0 Å². The number of quaternary nitrogens is 1. The Morgan fingerprint density at radius 3 is 1.80 bits per heavy atom. The summed E-state index contributed by atoms with van der Waals surface area (Å²) in [6, 6.07) is 0. The van der Waals surface area contributed by atoms with E-state index in [1.165, 1.54) is 5.32 Å². The van der Waals surface area contributed by atoms with Gasteiger partial charge in [0.1, 0.15) is 0 Å². The number of aliphatic hydroxyl groups is 2. The molecule has 0 amide bonds. The highest BCUT2D eigenvalue weighted by atomic mass is 16.5. The molecule has 0 aromatic heterocycles. The van der Waals surface area contributed by atoms with Crippen molar-refractivity contribution >= 4 is 0 Å². The molecule has 0 unspecified atom stereocenters. The van der Waals surface area contributed by atoms with Crippen LogP contribution in [0.4, 0.5) is 0 Å². The highest BCUT2D eigenvalue weighted by Gasteiger charge is 1.85. The van der Waals surface area contributed by atoms with E-state index < -0.39 is 6.41 Å². The molecule has 0 saturated heterocycles. The number of rotatable bonds is 1. The zero-order chi connectivity index (χ0) is 4.28. The fraction of sp³-hybridized carbons (Fsp3) is 1.00. The van der Waals surface area contributed by atoms with E-state index in [4.69, 9.17) is 10.2 Å². The molecule has 0 aliphatic carbocycles. The molecule has 0 bridgehead atoms. The van der Waals surface area contributed by atoms with E-state index in [9.17, 15) is 0 Å². The second kappa shape index (κ2) is 2.14. The molecule has 3 nitrogen and oxygen atoms in total. The van der Waals surface area contributed by atoms with Gasteiger partial charge in [-0.05, 0) is 0 Å². The van der Waals surface area contributed by atoms with Gasteiger partial charge in [-0.15, -0.1) is 0 Å². The van der Waals surface area contributed by atoms with Gasteiger partial charge in [0.2, 0.25) is 0 Å². The maximum atomic E-state index is 7.86. The lowest BCUT2D eigenvalue weighted by atomic mass is 11.1. The molecule has 0 rings (SSSR count). The van der Waals surface area contributed by atoms with Crippen LogP contribution in [0.2, 0.25) is 0 Å². The van der Waals surface area contributed by atoms with Crippen molar-refractivity contribution in [2.45, 2.75) is 6.41 Å². The predicted molar refractivity (Wildman–Crippen MR) is 16.1 cm³/mol. The van der Waals surface area contributed by atoms with Gasteiger partial charge in [0, 0.05) is 0 Å². The lowest BCUT2D eigenvalue weighted by Gasteiger charge is -1.89. The van der Waals surface area contributed by atoms with Crippen LogP contribution in [-0.4, -0.2) is 23.7 Å². The molecule has 0 spiro atoms. The first-order valence-corrected chi connectivity index (χ1v) is 1.43. The average Bonchev–Trinajstić information content (AvgIpc) is 1.38. The Kier molecular flexibility index (Phi) is 2.09. The van der Waals surface area contributed by atoms with E-state index >= 15 is 0 Å². The van der Waals surface area contributed by atoms with E-state index in [1.54, 1.807) is 7.05 Å². The predicted octanol–water partition coefficient (Wildman–Crippen LogP) is -2.55. The van der Waals surface area contributed by atoms with Crippen LogP contribution in [0.25, 0.3) is 0 Å². The summed E-state index contributed by atoms with van der Waals surface area (Å²) in [7, 11) is 1.57. The van der Waals surface area contributed by atoms with Gasteiger partial charge in [-0.3, -0.25) is 5.32 Å². The van der Waals surface area contributed by atoms with Crippen LogP contribution in [0.5, 0.6) is 0 Å². The largest absolute Gasteiger partial charge is 0.322 e. The molecule has 0 atom stereocenters. The van der Waals surface area contributed by atoms with Crippen molar-refractivity contribution in [1.29, 1.82) is 0 Å². The first kappa shape index (κ1) is 4.88. The molecule has 0 aliphatic heterocycles. The Bertz CT molecular complexity index is 21.6. The maximum Gasteiger partial charge on any atom is 0.300 e. The standard InChI is InChI=1S/C2H7NO2/c1-3-2(4)5/h2-5H,1H3/p+1. The molecule has 0 saturated carbocycles. The van der Waals surface area contributed by atoms with Gasteiger partial charge in [-0.1, -0.05) is 0 Å². The molecule has 0 aromatic carbocycles. The van der Waals surface area contributed by atoms with Crippen LogP contribution in [0.15, 0.2) is 0 Å². The molecule has 0 aliphatic rings. The molecule has 0 fully saturated rings. The summed E-state index contributed by atoms with van der Waals surface area (Å²) < 4.78 is 0. The third kappa shape index (κ3) is 3.88. The summed E-state index contributed by atoms with van der Waals surface area (Å²) >= 11 is 0. The van der Waals surface area contributed by atoms with Crippen molar-refractivity contribution in [3.05, 3.63) is 0 Å². The number of hydrogen-bond donors (Lipinski definition) is 3. The molecule has 5 heavy (non-hydrogen) atoms. The number of aliphatic hydroxyl groups excluding tert-OH is 1. The third-order valence-corrected chi connectivity index (χ3v) is 0.298. The van der Waals surface area contributed by atoms with E-state index in [2.05, 4.69) is 0 Å². The second-order valence-electron chi connectivity index (χ2n) is 0.747. The molecular formula is C2H8NO2+. The second-order valence-corrected chi connectivity index (χ2v) is 0.747. The van der Waals surface area contributed by atoms with Gasteiger partial charge in [0.05, 0.1) is 7.05 Å². The van der Waals surface area contributed by atoms with Crippen LogP contribution < -0.4 is 5.32 Å². The van der Waals surface area contributed by atoms with E-state index in [-0.39, 0.29) is 0 Å². The summed E-state index contributed by atoms with van der Waals surface area (Å²) in [5.41, 5.74) is 0. The topological polar surface area (TPSA) is 57.1 Å². The first-order chi connectivity index (χ1) is 2.27. The molecular weight excluding hydrogens is 70.0 g/mol. The lowest BCUT2D eigenvalue weighted by molar-refractivity contribution is -0.741. The SMILES string of the molecule is C[NH2+]C(O)O. The van der Waals surface area contributed by atoms with E-state index in [0.29, 0.717) is 0 Å². The molecule has 0 aromatic rings. The van der Waals surface area contributed by atoms with Crippen LogP contribution >= 0.6 is 0 Å². The molecule has 32 valence electrons. The smallest absolute Gasteiger partial charge is 0.300 e. The minimum atomic E-state index is -1.24. The Hall–Kier alpha value is -0.120. The van der Waals surface area contributed by atoms with Crippen molar-refractivity contribution < 1.29 is 15.5 Å². The van der Waals surface area contributed by atoms with Crippen molar-refractivity contribution in [3.63, 3.8) is 0 Å². The normalized spacial score (nSPS) is 9.60. The third-order valence-electron chi connectivity index (χ3n) is 0.298. The minimum absolute atomic E-state index is 1.24. The van der Waals surface area contributed by atoms with Crippen LogP contribution in [0.1, 0.15) is 0 Å². The Balaban J connectivity index is 2.54. The van der Waals surface area contributed by atoms with Crippen molar-refractivity contribution in [1.82, 2.24) is 0 Å². The van der Waals surface area contributed by atoms with Gasteiger partial charge < -0.3 is 10.2 Å². The zero-order valence-electron chi connectivity index (χ0n) is 3.05. The quantitative estimate of drug-likeness (QED) is 0.302. The van der Waals surface area contributed by atoms with Gasteiger partial charge in [-0.25, -0.2) is 0 Å². The lowest BCUT2D eigenvalue weighted by Crippen LogP contribution is -2.86. The molecule has 4 N–H and O–H groups in total. The Morgan fingerprint density at radius 2 is 1.80 bits per heavy atom. The number of hydrogen-bond acceptors (Lipinski definition) is 2. The van der Waals surface area contributed by atoms with Gasteiger partial charge >= 0.3 is 6.41 Å². The molecule has 0 radical (unpaired) electrons. The highest BCUT2D eigenvalue weighted by molar-refractivity contribution is 3.77. The fourth-order valence-electron chi connectivity index (χ4n) is 0.